The highest BCUT2D eigenvalue weighted by Gasteiger charge is 2.39. The third-order valence-corrected chi connectivity index (χ3v) is 4.81. The first-order valence-electron chi connectivity index (χ1n) is 7.99. The van der Waals surface area contributed by atoms with Gasteiger partial charge in [-0.2, -0.15) is 0 Å². The maximum absolute atomic E-state index is 10.3. The first-order valence-corrected chi connectivity index (χ1v) is 7.99. The lowest BCUT2D eigenvalue weighted by atomic mass is 9.90. The molecule has 0 saturated carbocycles. The monoisotopic (exact) mass is 274 g/mol. The summed E-state index contributed by atoms with van der Waals surface area (Å²) in [4.78, 5) is 4.97. The Balaban J connectivity index is 1.67. The lowest BCUT2D eigenvalue weighted by molar-refractivity contribution is -0.113. The Morgan fingerprint density at radius 3 is 2.40 bits per heavy atom. The SMILES string of the molecule is CCC(O)N1C2CCCC1CN(Cc1ccccc1)C2. The van der Waals surface area contributed by atoms with Crippen molar-refractivity contribution in [1.29, 1.82) is 0 Å². The molecular weight excluding hydrogens is 248 g/mol. The Labute approximate surface area is 122 Å². The van der Waals surface area contributed by atoms with Crippen molar-refractivity contribution in [2.75, 3.05) is 13.1 Å². The van der Waals surface area contributed by atoms with Gasteiger partial charge in [0.15, 0.2) is 0 Å². The largest absolute Gasteiger partial charge is 0.378 e. The summed E-state index contributed by atoms with van der Waals surface area (Å²) < 4.78 is 0. The molecule has 110 valence electrons. The molecule has 3 rings (SSSR count). The van der Waals surface area contributed by atoms with E-state index in [-0.39, 0.29) is 6.23 Å². The Bertz CT molecular complexity index is 408. The molecule has 3 unspecified atom stereocenters. The molecule has 20 heavy (non-hydrogen) atoms. The summed E-state index contributed by atoms with van der Waals surface area (Å²) in [5.41, 5.74) is 1.40. The third kappa shape index (κ3) is 2.90. The summed E-state index contributed by atoms with van der Waals surface area (Å²) in [5.74, 6) is 0. The van der Waals surface area contributed by atoms with Crippen molar-refractivity contribution in [3.8, 4) is 0 Å². The van der Waals surface area contributed by atoms with Crippen molar-refractivity contribution < 1.29 is 5.11 Å². The average Bonchev–Trinajstić information content (AvgIpc) is 2.46. The van der Waals surface area contributed by atoms with Gasteiger partial charge in [0.2, 0.25) is 0 Å². The molecule has 0 aromatic heterocycles. The van der Waals surface area contributed by atoms with Gasteiger partial charge in [-0.1, -0.05) is 43.7 Å². The van der Waals surface area contributed by atoms with Gasteiger partial charge in [0, 0.05) is 31.7 Å². The van der Waals surface area contributed by atoms with Crippen LogP contribution >= 0.6 is 0 Å². The van der Waals surface area contributed by atoms with E-state index < -0.39 is 0 Å². The van der Waals surface area contributed by atoms with E-state index in [0.717, 1.165) is 26.1 Å². The quantitative estimate of drug-likeness (QED) is 0.913. The van der Waals surface area contributed by atoms with E-state index in [2.05, 4.69) is 47.1 Å². The summed E-state index contributed by atoms with van der Waals surface area (Å²) in [5, 5.41) is 10.3. The Morgan fingerprint density at radius 2 is 1.80 bits per heavy atom. The normalized spacial score (nSPS) is 29.3. The lowest BCUT2D eigenvalue weighted by Crippen LogP contribution is -2.63. The Morgan fingerprint density at radius 1 is 1.15 bits per heavy atom. The van der Waals surface area contributed by atoms with Crippen molar-refractivity contribution in [3.63, 3.8) is 0 Å². The molecule has 0 radical (unpaired) electrons. The van der Waals surface area contributed by atoms with Crippen LogP contribution in [0.2, 0.25) is 0 Å². The van der Waals surface area contributed by atoms with Crippen LogP contribution in [0.1, 0.15) is 38.2 Å². The predicted molar refractivity (Wildman–Crippen MR) is 81.3 cm³/mol. The highest BCUT2D eigenvalue weighted by Crippen LogP contribution is 2.31. The van der Waals surface area contributed by atoms with Crippen molar-refractivity contribution in [2.45, 2.75) is 57.5 Å². The van der Waals surface area contributed by atoms with Crippen LogP contribution < -0.4 is 0 Å². The number of aliphatic hydroxyl groups is 1. The minimum absolute atomic E-state index is 0.246. The second-order valence-corrected chi connectivity index (χ2v) is 6.25. The van der Waals surface area contributed by atoms with E-state index in [1.165, 1.54) is 24.8 Å². The number of nitrogens with zero attached hydrogens (tertiary/aromatic N) is 2. The van der Waals surface area contributed by atoms with Crippen LogP contribution in [0.3, 0.4) is 0 Å². The average molecular weight is 274 g/mol. The van der Waals surface area contributed by atoms with Crippen LogP contribution in [-0.2, 0) is 6.54 Å². The van der Waals surface area contributed by atoms with Crippen LogP contribution in [-0.4, -0.2) is 46.3 Å². The number of piperidine rings is 1. The van der Waals surface area contributed by atoms with E-state index >= 15 is 0 Å². The van der Waals surface area contributed by atoms with Crippen LogP contribution in [0.25, 0.3) is 0 Å². The van der Waals surface area contributed by atoms with E-state index in [1.807, 2.05) is 0 Å². The zero-order valence-electron chi connectivity index (χ0n) is 12.4. The van der Waals surface area contributed by atoms with Crippen LogP contribution in [0.15, 0.2) is 30.3 Å². The number of fused-ring (bicyclic) bond motifs is 2. The van der Waals surface area contributed by atoms with Gasteiger partial charge in [-0.25, -0.2) is 0 Å². The number of hydrogen-bond donors (Lipinski definition) is 1. The molecule has 2 fully saturated rings. The van der Waals surface area contributed by atoms with Gasteiger partial charge in [-0.3, -0.25) is 9.80 Å². The number of benzene rings is 1. The van der Waals surface area contributed by atoms with E-state index in [1.54, 1.807) is 0 Å². The van der Waals surface area contributed by atoms with Gasteiger partial charge in [0.1, 0.15) is 6.23 Å². The molecule has 3 nitrogen and oxygen atoms in total. The molecule has 2 bridgehead atoms. The lowest BCUT2D eigenvalue weighted by Gasteiger charge is -2.51. The Kier molecular flexibility index (Phi) is 4.39. The van der Waals surface area contributed by atoms with Gasteiger partial charge in [-0.05, 0) is 24.8 Å². The van der Waals surface area contributed by atoms with Crippen LogP contribution in [0, 0.1) is 0 Å². The van der Waals surface area contributed by atoms with Gasteiger partial charge in [0.05, 0.1) is 0 Å². The van der Waals surface area contributed by atoms with Gasteiger partial charge < -0.3 is 5.11 Å². The topological polar surface area (TPSA) is 26.7 Å². The summed E-state index contributed by atoms with van der Waals surface area (Å²) in [6.45, 7) is 5.32. The zero-order valence-corrected chi connectivity index (χ0v) is 12.4. The summed E-state index contributed by atoms with van der Waals surface area (Å²) in [6.07, 6.45) is 4.38. The summed E-state index contributed by atoms with van der Waals surface area (Å²) in [6, 6.07) is 11.8. The molecule has 1 aromatic rings. The molecule has 2 aliphatic heterocycles. The molecule has 1 N–H and O–H groups in total. The third-order valence-electron chi connectivity index (χ3n) is 4.81. The van der Waals surface area contributed by atoms with Crippen molar-refractivity contribution in [1.82, 2.24) is 9.80 Å². The molecule has 1 aromatic carbocycles. The minimum atomic E-state index is -0.246. The molecule has 0 amide bonds. The standard InChI is InChI=1S/C17H26N2O/c1-2-17(20)19-15-9-6-10-16(19)13-18(12-15)11-14-7-4-3-5-8-14/h3-5,7-8,15-17,20H,2,6,9-13H2,1H3. The number of piperazine rings is 1. The minimum Gasteiger partial charge on any atom is -0.378 e. The number of likely N-dealkylation sites (tertiary alicyclic amines) is 1. The predicted octanol–water partition coefficient (Wildman–Crippen LogP) is 2.45. The van der Waals surface area contributed by atoms with Crippen LogP contribution in [0.4, 0.5) is 0 Å². The first-order chi connectivity index (χ1) is 9.78. The van der Waals surface area contributed by atoms with E-state index in [0.29, 0.717) is 12.1 Å². The maximum atomic E-state index is 10.3. The smallest absolute Gasteiger partial charge is 0.107 e. The van der Waals surface area contributed by atoms with Crippen molar-refractivity contribution in [3.05, 3.63) is 35.9 Å². The second-order valence-electron chi connectivity index (χ2n) is 6.25. The molecule has 0 spiro atoms. The molecule has 2 aliphatic rings. The fraction of sp³-hybridized carbons (Fsp3) is 0.647. The summed E-state index contributed by atoms with van der Waals surface area (Å²) >= 11 is 0. The first kappa shape index (κ1) is 14.1. The fourth-order valence-corrected chi connectivity index (χ4v) is 3.90. The highest BCUT2D eigenvalue weighted by atomic mass is 16.3. The molecule has 3 heteroatoms. The number of rotatable bonds is 4. The van der Waals surface area contributed by atoms with Crippen molar-refractivity contribution >= 4 is 0 Å². The van der Waals surface area contributed by atoms with E-state index in [4.69, 9.17) is 0 Å². The second kappa shape index (κ2) is 6.25. The van der Waals surface area contributed by atoms with Gasteiger partial charge in [-0.15, -0.1) is 0 Å². The maximum Gasteiger partial charge on any atom is 0.107 e. The van der Waals surface area contributed by atoms with Crippen molar-refractivity contribution in [2.24, 2.45) is 0 Å². The van der Waals surface area contributed by atoms with Gasteiger partial charge in [0.25, 0.3) is 0 Å². The molecule has 2 saturated heterocycles. The van der Waals surface area contributed by atoms with E-state index in [9.17, 15) is 5.11 Å². The van der Waals surface area contributed by atoms with Crippen LogP contribution in [0.5, 0.6) is 0 Å². The zero-order chi connectivity index (χ0) is 13.9. The molecule has 3 atom stereocenters. The number of aliphatic hydroxyl groups excluding tert-OH is 1. The molecular formula is C17H26N2O. The highest BCUT2D eigenvalue weighted by molar-refractivity contribution is 5.14. The summed E-state index contributed by atoms with van der Waals surface area (Å²) in [7, 11) is 0. The Hall–Kier alpha value is -0.900. The fourth-order valence-electron chi connectivity index (χ4n) is 3.90. The molecule has 0 aliphatic carbocycles. The van der Waals surface area contributed by atoms with Gasteiger partial charge >= 0.3 is 0 Å². The molecule has 2 heterocycles. The number of hydrogen-bond acceptors (Lipinski definition) is 3.